The second kappa shape index (κ2) is 4.89. The van der Waals surface area contributed by atoms with Crippen LogP contribution in [0.15, 0.2) is 23.9 Å². The molecule has 3 N–H and O–H groups in total. The van der Waals surface area contributed by atoms with Gasteiger partial charge in [-0.3, -0.25) is 0 Å². The average molecular weight is 356 g/mol. The molecular weight excluding hydrogens is 345 g/mol. The predicted octanol–water partition coefficient (Wildman–Crippen LogP) is 0.490. The third-order valence-electron chi connectivity index (χ3n) is 2.07. The fourth-order valence-electron chi connectivity index (χ4n) is 1.29. The maximum absolute atomic E-state index is 11.7. The number of allylic oxidation sites excluding steroid dienone is 4. The van der Waals surface area contributed by atoms with E-state index in [1.54, 1.807) is 12.2 Å². The molecule has 2 unspecified atom stereocenters. The summed E-state index contributed by atoms with van der Waals surface area (Å²) in [7, 11) is 0. The average Bonchev–Trinajstić information content (AvgIpc) is 2.21. The first kappa shape index (κ1) is 13.7. The number of hydrogen-bond donors (Lipinski definition) is 3. The minimum absolute atomic E-state index is 0.132. The molecule has 0 saturated heterocycles. The van der Waals surface area contributed by atoms with Crippen molar-refractivity contribution in [2.24, 2.45) is 0 Å². The van der Waals surface area contributed by atoms with Crippen LogP contribution in [-0.2, 0) is 12.4 Å². The molecule has 0 radical (unpaired) electrons. The van der Waals surface area contributed by atoms with Crippen LogP contribution in [-0.4, -0.2) is 32.5 Å². The normalized spacial score (nSPS) is 28.1. The molecular formula is C8H11AsBrNO5. The van der Waals surface area contributed by atoms with Gasteiger partial charge in [-0.1, -0.05) is 0 Å². The van der Waals surface area contributed by atoms with Gasteiger partial charge >= 0.3 is 103 Å². The monoisotopic (exact) mass is 355 g/mol. The Kier molecular flexibility index (Phi) is 4.20. The molecule has 0 aromatic rings. The molecule has 1 amide bonds. The summed E-state index contributed by atoms with van der Waals surface area (Å²) in [6.45, 7) is 1.28. The molecule has 0 saturated carbocycles. The fraction of sp³-hybridized carbons (Fsp3) is 0.375. The van der Waals surface area contributed by atoms with Crippen LogP contribution in [0.4, 0.5) is 0 Å². The molecule has 1 rings (SSSR count). The van der Waals surface area contributed by atoms with Crippen LogP contribution < -0.4 is 5.32 Å². The van der Waals surface area contributed by atoms with Gasteiger partial charge in [-0.05, 0) is 0 Å². The van der Waals surface area contributed by atoms with E-state index >= 15 is 0 Å². The van der Waals surface area contributed by atoms with Gasteiger partial charge in [0.1, 0.15) is 0 Å². The summed E-state index contributed by atoms with van der Waals surface area (Å²) in [5.74, 6) is -0.376. The molecule has 0 fully saturated rings. The van der Waals surface area contributed by atoms with Gasteiger partial charge in [-0.15, -0.1) is 0 Å². The molecule has 0 bridgehead atoms. The zero-order valence-corrected chi connectivity index (χ0v) is 11.8. The van der Waals surface area contributed by atoms with Crippen LogP contribution in [0.3, 0.4) is 0 Å². The van der Waals surface area contributed by atoms with Crippen LogP contribution in [0.1, 0.15) is 13.3 Å². The van der Waals surface area contributed by atoms with Crippen LogP contribution >= 0.6 is 15.9 Å². The van der Waals surface area contributed by atoms with Gasteiger partial charge in [0.05, 0.1) is 0 Å². The number of hydrogen-bond acceptors (Lipinski definition) is 4. The van der Waals surface area contributed by atoms with Crippen molar-refractivity contribution in [3.8, 4) is 0 Å². The molecule has 90 valence electrons. The number of nitrogens with one attached hydrogen (secondary N) is 1. The van der Waals surface area contributed by atoms with Gasteiger partial charge in [0.2, 0.25) is 0 Å². The summed E-state index contributed by atoms with van der Waals surface area (Å²) < 4.78 is 23.5. The zero-order valence-electron chi connectivity index (χ0n) is 8.38. The molecule has 0 heterocycles. The molecule has 0 spiro atoms. The van der Waals surface area contributed by atoms with Gasteiger partial charge in [0.15, 0.2) is 0 Å². The van der Waals surface area contributed by atoms with E-state index in [1.165, 1.54) is 13.0 Å². The topological polar surface area (TPSA) is 95.9 Å². The van der Waals surface area contributed by atoms with Gasteiger partial charge in [0.25, 0.3) is 0 Å². The molecule has 0 aromatic carbocycles. The first-order chi connectivity index (χ1) is 7.33. The zero-order chi connectivity index (χ0) is 12.4. The summed E-state index contributed by atoms with van der Waals surface area (Å²) in [4.78, 5) is 11.0. The second-order valence-corrected chi connectivity index (χ2v) is 10.1. The summed E-state index contributed by atoms with van der Waals surface area (Å²) in [5, 5.41) is 10.9. The van der Waals surface area contributed by atoms with Crippen molar-refractivity contribution >= 4 is 36.0 Å². The molecule has 8 heteroatoms. The summed E-state index contributed by atoms with van der Waals surface area (Å²) in [6, 6.07) is 0. The first-order valence-electron chi connectivity index (χ1n) is 4.33. The van der Waals surface area contributed by atoms with E-state index in [2.05, 4.69) is 25.1 Å². The standard InChI is InChI=1S/C8H11AsBrNO5/c1-6(12)11-7-4-2-3-5-8(7,10)9(13,14)16-15/h2-4,15H,5H2,1H3,(H,11,12)(H,13,14). The van der Waals surface area contributed by atoms with E-state index in [-0.39, 0.29) is 18.0 Å². The summed E-state index contributed by atoms with van der Waals surface area (Å²) in [5.41, 5.74) is 0.196. The van der Waals surface area contributed by atoms with Crippen molar-refractivity contribution in [3.05, 3.63) is 23.9 Å². The molecule has 2 atom stereocenters. The van der Waals surface area contributed by atoms with Crippen molar-refractivity contribution in [2.45, 2.75) is 16.5 Å². The van der Waals surface area contributed by atoms with Crippen molar-refractivity contribution in [1.82, 2.24) is 5.32 Å². The number of amides is 1. The number of halogens is 1. The predicted molar refractivity (Wildman–Crippen MR) is 59.7 cm³/mol. The van der Waals surface area contributed by atoms with Crippen LogP contribution in [0, 0.1) is 0 Å². The minimum atomic E-state index is -5.01. The number of carbonyl (C=O) groups is 1. The van der Waals surface area contributed by atoms with Crippen LogP contribution in [0.2, 0.25) is 0 Å². The molecule has 1 aliphatic carbocycles. The first-order valence-corrected chi connectivity index (χ1v) is 8.43. The van der Waals surface area contributed by atoms with Crippen molar-refractivity contribution in [3.63, 3.8) is 0 Å². The van der Waals surface area contributed by atoms with Gasteiger partial charge in [-0.2, -0.15) is 0 Å². The van der Waals surface area contributed by atoms with Crippen molar-refractivity contribution in [2.75, 3.05) is 0 Å². The van der Waals surface area contributed by atoms with E-state index in [4.69, 9.17) is 5.26 Å². The fourth-order valence-corrected chi connectivity index (χ4v) is 3.93. The number of rotatable bonds is 3. The Hall–Kier alpha value is -0.332. The molecule has 16 heavy (non-hydrogen) atoms. The Balaban J connectivity index is 3.12. The Bertz CT molecular complexity index is 407. The third-order valence-corrected chi connectivity index (χ3v) is 8.38. The van der Waals surface area contributed by atoms with E-state index < -0.39 is 17.3 Å². The molecule has 1 aliphatic rings. The van der Waals surface area contributed by atoms with E-state index in [0.717, 1.165) is 0 Å². The summed E-state index contributed by atoms with van der Waals surface area (Å²) in [6.07, 6.45) is 4.87. The Morgan fingerprint density at radius 1 is 1.75 bits per heavy atom. The van der Waals surface area contributed by atoms with E-state index in [0.29, 0.717) is 0 Å². The second-order valence-electron chi connectivity index (χ2n) is 3.26. The Labute approximate surface area is 103 Å². The quantitative estimate of drug-likeness (QED) is 0.296. The Morgan fingerprint density at radius 2 is 2.38 bits per heavy atom. The van der Waals surface area contributed by atoms with Crippen LogP contribution in [0.25, 0.3) is 0 Å². The molecule has 0 aliphatic heterocycles. The van der Waals surface area contributed by atoms with Gasteiger partial charge in [0, 0.05) is 0 Å². The SMILES string of the molecule is CC(=O)NC1=CC=CCC1(Br)[As](=O)(O)OO. The summed E-state index contributed by atoms with van der Waals surface area (Å²) >= 11 is -1.94. The van der Waals surface area contributed by atoms with Crippen molar-refractivity contribution < 1.29 is 21.8 Å². The van der Waals surface area contributed by atoms with E-state index in [1.807, 2.05) is 0 Å². The molecule has 0 aromatic heterocycles. The van der Waals surface area contributed by atoms with Gasteiger partial charge in [-0.25, -0.2) is 0 Å². The third kappa shape index (κ3) is 2.49. The molecule has 6 nitrogen and oxygen atoms in total. The van der Waals surface area contributed by atoms with Gasteiger partial charge < -0.3 is 0 Å². The maximum atomic E-state index is 11.7. The Morgan fingerprint density at radius 3 is 2.88 bits per heavy atom. The van der Waals surface area contributed by atoms with Crippen molar-refractivity contribution in [1.29, 1.82) is 0 Å². The number of alkyl halides is 1. The van der Waals surface area contributed by atoms with E-state index in [9.17, 15) is 12.6 Å². The number of carbonyl (C=O) groups excluding carboxylic acids is 1. The van der Waals surface area contributed by atoms with Crippen LogP contribution in [0.5, 0.6) is 0 Å².